The quantitative estimate of drug-likeness (QED) is 0.426. The third-order valence-electron chi connectivity index (χ3n) is 5.66. The molecule has 0 radical (unpaired) electrons. The van der Waals surface area contributed by atoms with Crippen LogP contribution in [0.1, 0.15) is 11.1 Å². The second kappa shape index (κ2) is 15.5. The van der Waals surface area contributed by atoms with Crippen LogP contribution >= 0.6 is 0 Å². The molecule has 0 spiro atoms. The van der Waals surface area contributed by atoms with Crippen molar-refractivity contribution in [2.75, 3.05) is 26.2 Å². The van der Waals surface area contributed by atoms with E-state index in [1.807, 2.05) is 36.4 Å². The minimum absolute atomic E-state index is 0.827. The smallest absolute Gasteiger partial charge is 0.475 e. The maximum Gasteiger partial charge on any atom is 0.490 e. The first-order valence-electron chi connectivity index (χ1n) is 11.8. The highest BCUT2D eigenvalue weighted by molar-refractivity contribution is 5.73. The highest BCUT2D eigenvalue weighted by Crippen LogP contribution is 2.32. The summed E-state index contributed by atoms with van der Waals surface area (Å²) >= 11 is 0. The van der Waals surface area contributed by atoms with Gasteiger partial charge in [-0.1, -0.05) is 6.07 Å². The molecule has 43 heavy (non-hydrogen) atoms. The lowest BCUT2D eigenvalue weighted by atomic mass is 10.0. The van der Waals surface area contributed by atoms with Crippen LogP contribution in [0.4, 0.5) is 39.5 Å². The van der Waals surface area contributed by atoms with Crippen molar-refractivity contribution in [1.82, 2.24) is 24.6 Å². The van der Waals surface area contributed by atoms with Crippen molar-refractivity contribution < 1.29 is 69.2 Å². The van der Waals surface area contributed by atoms with Crippen molar-refractivity contribution in [3.63, 3.8) is 0 Å². The number of aryl methyl sites for hydroxylation is 1. The summed E-state index contributed by atoms with van der Waals surface area (Å²) in [6.45, 7) is 6.99. The number of carboxylic acids is 3. The summed E-state index contributed by atoms with van der Waals surface area (Å²) in [5.74, 6) is -6.62. The van der Waals surface area contributed by atoms with Gasteiger partial charge in [-0.15, -0.1) is 0 Å². The van der Waals surface area contributed by atoms with Crippen LogP contribution in [0.25, 0.3) is 0 Å². The molecule has 2 fully saturated rings. The summed E-state index contributed by atoms with van der Waals surface area (Å²) in [6, 6.07) is 4.21. The van der Waals surface area contributed by atoms with E-state index in [0.29, 0.717) is 0 Å². The Balaban J connectivity index is 0.000000363. The Labute approximate surface area is 237 Å². The lowest BCUT2D eigenvalue weighted by Gasteiger charge is -2.20. The maximum atomic E-state index is 10.6. The minimum atomic E-state index is -5.08. The lowest BCUT2D eigenvalue weighted by Crippen LogP contribution is -2.28. The predicted octanol–water partition coefficient (Wildman–Crippen LogP) is 3.28. The van der Waals surface area contributed by atoms with Crippen LogP contribution in [0, 0.1) is 11.8 Å². The molecule has 4 heterocycles. The molecule has 0 bridgehead atoms. The van der Waals surface area contributed by atoms with Gasteiger partial charge in [-0.05, 0) is 23.5 Å². The molecule has 2 aliphatic rings. The first-order chi connectivity index (χ1) is 19.6. The number of hydrogen-bond donors (Lipinski definition) is 3. The number of pyridine rings is 1. The summed E-state index contributed by atoms with van der Waals surface area (Å²) in [5.41, 5.74) is 2.66. The molecule has 2 atom stereocenters. The van der Waals surface area contributed by atoms with Gasteiger partial charge in [-0.3, -0.25) is 19.5 Å². The Bertz CT molecular complexity index is 1120. The Hall–Kier alpha value is -3.94. The number of nitrogens with zero attached hydrogens (tertiary/aromatic N) is 5. The number of hydrogen-bond acceptors (Lipinski definition) is 7. The van der Waals surface area contributed by atoms with Gasteiger partial charge < -0.3 is 15.3 Å². The topological polar surface area (TPSA) is 149 Å². The second-order valence-corrected chi connectivity index (χ2v) is 9.20. The molecule has 3 N–H and O–H groups in total. The Morgan fingerprint density at radius 2 is 1.12 bits per heavy atom. The second-order valence-electron chi connectivity index (χ2n) is 9.20. The first kappa shape index (κ1) is 37.1. The fraction of sp³-hybridized carbons (Fsp3) is 0.522. The van der Waals surface area contributed by atoms with E-state index < -0.39 is 36.4 Å². The van der Waals surface area contributed by atoms with Crippen LogP contribution in [-0.4, -0.2) is 102 Å². The number of fused-ring (bicyclic) bond motifs is 1. The van der Waals surface area contributed by atoms with Crippen molar-refractivity contribution in [3.05, 3.63) is 48.0 Å². The van der Waals surface area contributed by atoms with Gasteiger partial charge in [0, 0.05) is 70.5 Å². The van der Waals surface area contributed by atoms with E-state index in [1.54, 1.807) is 0 Å². The SMILES string of the molecule is Cn1cc(CN2CC3CN(Cc4cccnc4)CC3C2)cn1.O=C(O)C(F)(F)F.O=C(O)C(F)(F)F.O=C(O)C(F)(F)F. The van der Waals surface area contributed by atoms with Crippen molar-refractivity contribution in [2.24, 2.45) is 18.9 Å². The standard InChI is InChI=1S/C17H23N5.3C2HF3O2/c1-20-7-15(6-19-20)9-22-12-16-10-21(11-17(16)13-22)8-14-3-2-4-18-5-14;3*3-2(4,5)1(6)7/h2-7,16-17H,8-13H2,1H3;3*(H,6,7). The number of carbonyl (C=O) groups is 3. The van der Waals surface area contributed by atoms with Crippen LogP contribution < -0.4 is 0 Å². The fourth-order valence-electron chi connectivity index (χ4n) is 4.01. The summed E-state index contributed by atoms with van der Waals surface area (Å²) in [4.78, 5) is 36.1. The molecule has 2 aromatic heterocycles. The summed E-state index contributed by atoms with van der Waals surface area (Å²) in [6.07, 6.45) is -7.30. The number of aliphatic carboxylic acids is 3. The molecular weight excluding hydrogens is 613 g/mol. The zero-order valence-corrected chi connectivity index (χ0v) is 22.1. The van der Waals surface area contributed by atoms with Gasteiger partial charge in [-0.2, -0.15) is 44.6 Å². The van der Waals surface area contributed by atoms with E-state index in [1.165, 1.54) is 37.3 Å². The van der Waals surface area contributed by atoms with E-state index in [2.05, 4.69) is 32.1 Å². The summed E-state index contributed by atoms with van der Waals surface area (Å²) < 4.78 is 97.1. The summed E-state index contributed by atoms with van der Waals surface area (Å²) in [5, 5.41) is 25.6. The average molecular weight is 639 g/mol. The molecule has 4 rings (SSSR count). The van der Waals surface area contributed by atoms with Gasteiger partial charge in [0.2, 0.25) is 0 Å². The lowest BCUT2D eigenvalue weighted by molar-refractivity contribution is -0.193. The zero-order chi connectivity index (χ0) is 33.2. The molecule has 2 aromatic rings. The van der Waals surface area contributed by atoms with Crippen molar-refractivity contribution in [1.29, 1.82) is 0 Å². The molecule has 0 saturated carbocycles. The molecule has 20 heteroatoms. The molecule has 0 aliphatic carbocycles. The van der Waals surface area contributed by atoms with Crippen molar-refractivity contribution in [3.8, 4) is 0 Å². The number of aromatic nitrogens is 3. The van der Waals surface area contributed by atoms with E-state index in [-0.39, 0.29) is 0 Å². The van der Waals surface area contributed by atoms with E-state index in [0.717, 1.165) is 24.9 Å². The normalized spacial score (nSPS) is 18.7. The van der Waals surface area contributed by atoms with Gasteiger partial charge in [0.15, 0.2) is 0 Å². The summed E-state index contributed by atoms with van der Waals surface area (Å²) in [7, 11) is 1.98. The number of halogens is 9. The third-order valence-corrected chi connectivity index (χ3v) is 5.66. The third kappa shape index (κ3) is 14.2. The van der Waals surface area contributed by atoms with Gasteiger partial charge in [-0.25, -0.2) is 14.4 Å². The number of alkyl halides is 9. The van der Waals surface area contributed by atoms with Gasteiger partial charge >= 0.3 is 36.4 Å². The van der Waals surface area contributed by atoms with E-state index in [4.69, 9.17) is 29.7 Å². The van der Waals surface area contributed by atoms with Gasteiger partial charge in [0.1, 0.15) is 0 Å². The van der Waals surface area contributed by atoms with Crippen LogP contribution in [0.5, 0.6) is 0 Å². The number of rotatable bonds is 4. The molecule has 2 saturated heterocycles. The zero-order valence-electron chi connectivity index (χ0n) is 22.1. The molecule has 2 aliphatic heterocycles. The van der Waals surface area contributed by atoms with Crippen LogP contribution in [0.3, 0.4) is 0 Å². The van der Waals surface area contributed by atoms with Gasteiger partial charge in [0.25, 0.3) is 0 Å². The molecule has 2 unspecified atom stereocenters. The highest BCUT2D eigenvalue weighted by Gasteiger charge is 2.40. The predicted molar refractivity (Wildman–Crippen MR) is 126 cm³/mol. The molecule has 0 aromatic carbocycles. The molecule has 11 nitrogen and oxygen atoms in total. The average Bonchev–Trinajstić information content (AvgIpc) is 3.54. The monoisotopic (exact) mass is 639 g/mol. The maximum absolute atomic E-state index is 10.6. The van der Waals surface area contributed by atoms with Crippen LogP contribution in [-0.2, 0) is 34.5 Å². The highest BCUT2D eigenvalue weighted by atomic mass is 19.4. The molecular formula is C23H26F9N5O6. The Morgan fingerprint density at radius 3 is 1.40 bits per heavy atom. The van der Waals surface area contributed by atoms with Crippen molar-refractivity contribution >= 4 is 17.9 Å². The van der Waals surface area contributed by atoms with Gasteiger partial charge in [0.05, 0.1) is 6.20 Å². The van der Waals surface area contributed by atoms with E-state index >= 15 is 0 Å². The number of likely N-dealkylation sites (tertiary alicyclic amines) is 2. The largest absolute Gasteiger partial charge is 0.490 e. The van der Waals surface area contributed by atoms with Crippen LogP contribution in [0.15, 0.2) is 36.9 Å². The minimum Gasteiger partial charge on any atom is -0.475 e. The van der Waals surface area contributed by atoms with E-state index in [9.17, 15) is 39.5 Å². The molecule has 242 valence electrons. The number of carboxylic acid groups (broad SMARTS) is 3. The van der Waals surface area contributed by atoms with Crippen molar-refractivity contribution in [2.45, 2.75) is 31.6 Å². The van der Waals surface area contributed by atoms with Crippen LogP contribution in [0.2, 0.25) is 0 Å². The molecule has 0 amide bonds. The Kier molecular flexibility index (Phi) is 13.4. The fourth-order valence-corrected chi connectivity index (χ4v) is 4.01. The first-order valence-corrected chi connectivity index (χ1v) is 11.8. The Morgan fingerprint density at radius 1 is 0.744 bits per heavy atom.